The van der Waals surface area contributed by atoms with Gasteiger partial charge in [-0.3, -0.25) is 9.59 Å². The van der Waals surface area contributed by atoms with E-state index in [4.69, 9.17) is 21.1 Å². The first-order chi connectivity index (χ1) is 13.8. The molecule has 8 nitrogen and oxygen atoms in total. The Kier molecular flexibility index (Phi) is 5.69. The fourth-order valence-corrected chi connectivity index (χ4v) is 2.78. The highest BCUT2D eigenvalue weighted by Gasteiger charge is 2.17. The number of amides is 1. The van der Waals surface area contributed by atoms with Crippen LogP contribution in [0.4, 0.5) is 10.1 Å². The van der Waals surface area contributed by atoms with Crippen LogP contribution in [0.15, 0.2) is 52.2 Å². The second kappa shape index (κ2) is 8.19. The third kappa shape index (κ3) is 3.99. The fourth-order valence-electron chi connectivity index (χ4n) is 2.61. The highest BCUT2D eigenvalue weighted by atomic mass is 35.5. The Bertz CT molecular complexity index is 1210. The van der Waals surface area contributed by atoms with Crippen LogP contribution in [0.25, 0.3) is 5.69 Å². The Morgan fingerprint density at radius 3 is 2.48 bits per heavy atom. The van der Waals surface area contributed by atoms with Crippen LogP contribution >= 0.6 is 11.6 Å². The number of hydrogen-bond donors (Lipinski definition) is 2. The lowest BCUT2D eigenvalue weighted by Gasteiger charge is -2.11. The van der Waals surface area contributed by atoms with Gasteiger partial charge >= 0.3 is 5.69 Å². The van der Waals surface area contributed by atoms with Gasteiger partial charge in [-0.15, -0.1) is 0 Å². The number of carbonyl (C=O) groups is 1. The highest BCUT2D eigenvalue weighted by molar-refractivity contribution is 6.30. The minimum absolute atomic E-state index is 0.0171. The molecule has 1 amide bonds. The summed E-state index contributed by atoms with van der Waals surface area (Å²) < 4.78 is 24.4. The number of nitrogens with zero attached hydrogens (tertiary/aromatic N) is 1. The van der Waals surface area contributed by atoms with Gasteiger partial charge in [-0.05, 0) is 30.3 Å². The Hall–Kier alpha value is -3.59. The molecule has 0 aliphatic heterocycles. The summed E-state index contributed by atoms with van der Waals surface area (Å²) in [5.74, 6) is -0.627. The predicted octanol–water partition coefficient (Wildman–Crippen LogP) is 2.59. The lowest BCUT2D eigenvalue weighted by molar-refractivity contribution is 0.102. The fraction of sp³-hybridized carbons (Fsp3) is 0.105. The van der Waals surface area contributed by atoms with Crippen molar-refractivity contribution < 1.29 is 18.7 Å². The summed E-state index contributed by atoms with van der Waals surface area (Å²) in [5, 5.41) is 2.28. The molecule has 0 aliphatic carbocycles. The predicted molar refractivity (Wildman–Crippen MR) is 105 cm³/mol. The van der Waals surface area contributed by atoms with Gasteiger partial charge in [-0.25, -0.2) is 13.8 Å². The zero-order valence-corrected chi connectivity index (χ0v) is 16.0. The second-order valence-electron chi connectivity index (χ2n) is 5.77. The first-order valence-electron chi connectivity index (χ1n) is 8.19. The molecule has 0 spiro atoms. The number of hydrogen-bond acceptors (Lipinski definition) is 5. The van der Waals surface area contributed by atoms with E-state index >= 15 is 0 Å². The van der Waals surface area contributed by atoms with Crippen molar-refractivity contribution in [2.45, 2.75) is 0 Å². The van der Waals surface area contributed by atoms with E-state index < -0.39 is 23.0 Å². The third-order valence-corrected chi connectivity index (χ3v) is 4.31. The molecule has 2 N–H and O–H groups in total. The minimum Gasteiger partial charge on any atom is -0.493 e. The standard InChI is InChI=1S/C19H15ClFN3O5/c1-28-15-6-3-10(7-16(15)29-2)23-17(25)12-9-22-19(27)24(18(12)26)11-4-5-14(21)13(20)8-11/h3-9H,1-2H3,(H,22,27)(H,23,25). The topological polar surface area (TPSA) is 102 Å². The highest BCUT2D eigenvalue weighted by Crippen LogP contribution is 2.29. The van der Waals surface area contributed by atoms with Crippen LogP contribution in [-0.4, -0.2) is 29.7 Å². The summed E-state index contributed by atoms with van der Waals surface area (Å²) in [6.45, 7) is 0. The summed E-state index contributed by atoms with van der Waals surface area (Å²) in [6, 6.07) is 7.99. The van der Waals surface area contributed by atoms with Gasteiger partial charge in [0.25, 0.3) is 11.5 Å². The number of rotatable bonds is 5. The quantitative estimate of drug-likeness (QED) is 0.661. The van der Waals surface area contributed by atoms with E-state index in [2.05, 4.69) is 10.3 Å². The number of aromatic nitrogens is 2. The van der Waals surface area contributed by atoms with Crippen LogP contribution in [-0.2, 0) is 0 Å². The number of nitrogens with one attached hydrogen (secondary N) is 2. The van der Waals surface area contributed by atoms with Crippen molar-refractivity contribution in [3.8, 4) is 17.2 Å². The van der Waals surface area contributed by atoms with Crippen molar-refractivity contribution in [3.05, 3.63) is 79.8 Å². The van der Waals surface area contributed by atoms with Crippen molar-refractivity contribution in [1.29, 1.82) is 0 Å². The summed E-state index contributed by atoms with van der Waals surface area (Å²) in [4.78, 5) is 39.8. The molecule has 1 aromatic heterocycles. The molecule has 0 bridgehead atoms. The molecule has 0 unspecified atom stereocenters. The molecule has 29 heavy (non-hydrogen) atoms. The lowest BCUT2D eigenvalue weighted by atomic mass is 10.2. The average molecular weight is 420 g/mol. The number of H-pyrrole nitrogens is 1. The third-order valence-electron chi connectivity index (χ3n) is 4.02. The molecule has 3 rings (SSSR count). The first-order valence-corrected chi connectivity index (χ1v) is 8.57. The zero-order valence-electron chi connectivity index (χ0n) is 15.3. The number of methoxy groups -OCH3 is 2. The van der Waals surface area contributed by atoms with E-state index in [0.29, 0.717) is 21.8 Å². The SMILES string of the molecule is COc1ccc(NC(=O)c2c[nH]c(=O)n(-c3ccc(F)c(Cl)c3)c2=O)cc1OC. The first kappa shape index (κ1) is 20.2. The number of ether oxygens (including phenoxy) is 2. The van der Waals surface area contributed by atoms with Gasteiger partial charge in [0, 0.05) is 18.0 Å². The minimum atomic E-state index is -0.894. The summed E-state index contributed by atoms with van der Waals surface area (Å²) in [5.41, 5.74) is -1.67. The van der Waals surface area contributed by atoms with Crippen LogP contribution in [0.1, 0.15) is 10.4 Å². The number of carbonyl (C=O) groups excluding carboxylic acids is 1. The summed E-state index contributed by atoms with van der Waals surface area (Å²) in [6.07, 6.45) is 1.00. The Morgan fingerprint density at radius 2 is 1.83 bits per heavy atom. The molecule has 0 aliphatic rings. The number of anilines is 1. The normalized spacial score (nSPS) is 10.5. The smallest absolute Gasteiger partial charge is 0.333 e. The Morgan fingerprint density at radius 1 is 1.10 bits per heavy atom. The molecular formula is C19H15ClFN3O5. The van der Waals surface area contributed by atoms with Gasteiger partial charge in [0.15, 0.2) is 11.5 Å². The van der Waals surface area contributed by atoms with Crippen LogP contribution in [0.3, 0.4) is 0 Å². The maximum Gasteiger partial charge on any atom is 0.333 e. The summed E-state index contributed by atoms with van der Waals surface area (Å²) in [7, 11) is 2.92. The van der Waals surface area contributed by atoms with Crippen LogP contribution < -0.4 is 26.0 Å². The van der Waals surface area contributed by atoms with Gasteiger partial charge in [0.05, 0.1) is 24.9 Å². The molecule has 3 aromatic rings. The molecule has 150 valence electrons. The Labute approximate surface area is 168 Å². The molecule has 1 heterocycles. The van der Waals surface area contributed by atoms with Gasteiger partial charge in [0.2, 0.25) is 0 Å². The largest absolute Gasteiger partial charge is 0.493 e. The van der Waals surface area contributed by atoms with E-state index in [1.165, 1.54) is 26.4 Å². The molecular weight excluding hydrogens is 405 g/mol. The van der Waals surface area contributed by atoms with Crippen molar-refractivity contribution in [2.24, 2.45) is 0 Å². The van der Waals surface area contributed by atoms with Gasteiger partial charge in [-0.2, -0.15) is 0 Å². The number of aromatic amines is 1. The average Bonchev–Trinajstić information content (AvgIpc) is 2.70. The van der Waals surface area contributed by atoms with E-state index in [9.17, 15) is 18.8 Å². The van der Waals surface area contributed by atoms with E-state index in [1.54, 1.807) is 12.1 Å². The van der Waals surface area contributed by atoms with Crippen LogP contribution in [0.2, 0.25) is 5.02 Å². The molecule has 10 heteroatoms. The summed E-state index contributed by atoms with van der Waals surface area (Å²) >= 11 is 5.73. The van der Waals surface area contributed by atoms with Crippen molar-refractivity contribution in [3.63, 3.8) is 0 Å². The second-order valence-corrected chi connectivity index (χ2v) is 6.18. The van der Waals surface area contributed by atoms with Gasteiger partial charge in [0.1, 0.15) is 11.4 Å². The van der Waals surface area contributed by atoms with E-state index in [-0.39, 0.29) is 16.3 Å². The van der Waals surface area contributed by atoms with Crippen LogP contribution in [0, 0.1) is 5.82 Å². The van der Waals surface area contributed by atoms with Crippen molar-refractivity contribution in [2.75, 3.05) is 19.5 Å². The zero-order chi connectivity index (χ0) is 21.1. The molecule has 0 saturated carbocycles. The maximum absolute atomic E-state index is 13.4. The van der Waals surface area contributed by atoms with Crippen molar-refractivity contribution >= 4 is 23.2 Å². The molecule has 0 fully saturated rings. The lowest BCUT2D eigenvalue weighted by Crippen LogP contribution is -2.38. The monoisotopic (exact) mass is 419 g/mol. The van der Waals surface area contributed by atoms with Crippen LogP contribution in [0.5, 0.6) is 11.5 Å². The van der Waals surface area contributed by atoms with E-state index in [0.717, 1.165) is 18.3 Å². The molecule has 2 aromatic carbocycles. The van der Waals surface area contributed by atoms with Gasteiger partial charge in [-0.1, -0.05) is 11.6 Å². The number of benzene rings is 2. The molecule has 0 saturated heterocycles. The van der Waals surface area contributed by atoms with Gasteiger partial charge < -0.3 is 19.8 Å². The number of halogens is 2. The Balaban J connectivity index is 1.99. The van der Waals surface area contributed by atoms with E-state index in [1.807, 2.05) is 0 Å². The molecule has 0 radical (unpaired) electrons. The maximum atomic E-state index is 13.4. The molecule has 0 atom stereocenters. The van der Waals surface area contributed by atoms with Crippen molar-refractivity contribution in [1.82, 2.24) is 9.55 Å².